The van der Waals surface area contributed by atoms with E-state index in [1.807, 2.05) is 0 Å². The van der Waals surface area contributed by atoms with E-state index < -0.39 is 0 Å². The lowest BCUT2D eigenvalue weighted by atomic mass is 10.2. The summed E-state index contributed by atoms with van der Waals surface area (Å²) in [7, 11) is 0. The van der Waals surface area contributed by atoms with Gasteiger partial charge < -0.3 is 14.8 Å². The van der Waals surface area contributed by atoms with Gasteiger partial charge >= 0.3 is 0 Å². The van der Waals surface area contributed by atoms with Crippen LogP contribution in [-0.2, 0) is 6.54 Å². The zero-order chi connectivity index (χ0) is 13.2. The van der Waals surface area contributed by atoms with Crippen molar-refractivity contribution in [1.29, 1.82) is 0 Å². The van der Waals surface area contributed by atoms with Crippen LogP contribution in [0.3, 0.4) is 0 Å². The third kappa shape index (κ3) is 3.23. The smallest absolute Gasteiger partial charge is 0.175 e. The van der Waals surface area contributed by atoms with Crippen molar-refractivity contribution in [2.45, 2.75) is 26.3 Å². The minimum atomic E-state index is 0.725. The highest BCUT2D eigenvalue weighted by atomic mass is 79.9. The van der Waals surface area contributed by atoms with E-state index in [-0.39, 0.29) is 0 Å². The van der Waals surface area contributed by atoms with Crippen molar-refractivity contribution in [2.24, 2.45) is 11.8 Å². The van der Waals surface area contributed by atoms with Crippen molar-refractivity contribution in [2.75, 3.05) is 19.8 Å². The molecule has 1 heterocycles. The first-order chi connectivity index (χ1) is 9.24. The molecule has 1 saturated carbocycles. The Morgan fingerprint density at radius 1 is 1.32 bits per heavy atom. The van der Waals surface area contributed by atoms with Gasteiger partial charge in [-0.3, -0.25) is 0 Å². The van der Waals surface area contributed by atoms with Gasteiger partial charge in [0.15, 0.2) is 11.5 Å². The average Bonchev–Trinajstić information content (AvgIpc) is 3.12. The number of halogens is 1. The highest BCUT2D eigenvalue weighted by Crippen LogP contribution is 2.39. The van der Waals surface area contributed by atoms with Gasteiger partial charge in [-0.05, 0) is 58.4 Å². The zero-order valence-electron chi connectivity index (χ0n) is 11.2. The van der Waals surface area contributed by atoms with Crippen LogP contribution in [0.5, 0.6) is 11.5 Å². The molecule has 1 aromatic rings. The van der Waals surface area contributed by atoms with E-state index in [9.17, 15) is 0 Å². The molecule has 104 valence electrons. The molecule has 3 rings (SSSR count). The maximum absolute atomic E-state index is 5.74. The first kappa shape index (κ1) is 13.3. The first-order valence-electron chi connectivity index (χ1n) is 7.03. The minimum Gasteiger partial charge on any atom is -0.490 e. The number of ether oxygens (including phenoxy) is 2. The second-order valence-electron chi connectivity index (χ2n) is 5.56. The van der Waals surface area contributed by atoms with Crippen molar-refractivity contribution in [3.8, 4) is 11.5 Å². The lowest BCUT2D eigenvalue weighted by Crippen LogP contribution is -2.16. The molecule has 2 aliphatic rings. The molecule has 3 nitrogen and oxygen atoms in total. The molecular weight excluding hydrogens is 306 g/mol. The molecule has 0 amide bonds. The van der Waals surface area contributed by atoms with E-state index in [1.165, 1.54) is 12.0 Å². The summed E-state index contributed by atoms with van der Waals surface area (Å²) in [6.45, 7) is 5.78. The Bertz CT molecular complexity index is 464. The van der Waals surface area contributed by atoms with E-state index in [0.29, 0.717) is 0 Å². The fraction of sp³-hybridized carbons (Fsp3) is 0.600. The molecule has 19 heavy (non-hydrogen) atoms. The molecule has 1 aliphatic carbocycles. The molecule has 4 heteroatoms. The molecule has 1 fully saturated rings. The summed E-state index contributed by atoms with van der Waals surface area (Å²) >= 11 is 3.58. The van der Waals surface area contributed by atoms with Crippen LogP contribution < -0.4 is 14.8 Å². The summed E-state index contributed by atoms with van der Waals surface area (Å²) in [5.41, 5.74) is 1.24. The van der Waals surface area contributed by atoms with Gasteiger partial charge in [-0.2, -0.15) is 0 Å². The van der Waals surface area contributed by atoms with Crippen molar-refractivity contribution >= 4 is 15.9 Å². The summed E-state index contributed by atoms with van der Waals surface area (Å²) in [5, 5.41) is 3.53. The Labute approximate surface area is 122 Å². The molecule has 0 saturated heterocycles. The maximum atomic E-state index is 5.74. The standard InChI is InChI=1S/C15H20BrNO2/c1-10-5-12(10)9-17-8-11-6-13(16)15-14(7-11)18-3-2-4-19-15/h6-7,10,12,17H,2-5,8-9H2,1H3. The van der Waals surface area contributed by atoms with Gasteiger partial charge in [-0.1, -0.05) is 6.92 Å². The predicted octanol–water partition coefficient (Wildman–Crippen LogP) is 3.36. The highest BCUT2D eigenvalue weighted by Gasteiger charge is 2.31. The first-order valence-corrected chi connectivity index (χ1v) is 7.82. The summed E-state index contributed by atoms with van der Waals surface area (Å²) in [5.74, 6) is 3.49. The Kier molecular flexibility index (Phi) is 3.99. The quantitative estimate of drug-likeness (QED) is 0.920. The van der Waals surface area contributed by atoms with Crippen molar-refractivity contribution in [1.82, 2.24) is 5.32 Å². The number of hydrogen-bond acceptors (Lipinski definition) is 3. The third-order valence-corrected chi connectivity index (χ3v) is 4.46. The topological polar surface area (TPSA) is 30.5 Å². The number of hydrogen-bond donors (Lipinski definition) is 1. The molecule has 0 aromatic heterocycles. The van der Waals surface area contributed by atoms with Crippen LogP contribution in [0.15, 0.2) is 16.6 Å². The summed E-state index contributed by atoms with van der Waals surface area (Å²) in [6.07, 6.45) is 2.31. The average molecular weight is 326 g/mol. The third-order valence-electron chi connectivity index (χ3n) is 3.87. The molecular formula is C15H20BrNO2. The fourth-order valence-corrected chi connectivity index (χ4v) is 3.08. The number of rotatable bonds is 4. The Morgan fingerprint density at radius 3 is 2.89 bits per heavy atom. The van der Waals surface area contributed by atoms with Crippen LogP contribution in [0.4, 0.5) is 0 Å². The molecule has 0 spiro atoms. The van der Waals surface area contributed by atoms with Crippen LogP contribution in [-0.4, -0.2) is 19.8 Å². The van der Waals surface area contributed by atoms with E-state index in [4.69, 9.17) is 9.47 Å². The van der Waals surface area contributed by atoms with Crippen molar-refractivity contribution in [3.63, 3.8) is 0 Å². The number of nitrogens with one attached hydrogen (secondary N) is 1. The molecule has 2 unspecified atom stereocenters. The van der Waals surface area contributed by atoms with Crippen LogP contribution in [0, 0.1) is 11.8 Å². The fourth-order valence-electron chi connectivity index (χ4n) is 2.47. The Balaban J connectivity index is 1.64. The Hall–Kier alpha value is -0.740. The second kappa shape index (κ2) is 5.71. The second-order valence-corrected chi connectivity index (χ2v) is 6.41. The van der Waals surface area contributed by atoms with E-state index in [1.54, 1.807) is 0 Å². The van der Waals surface area contributed by atoms with Crippen LogP contribution in [0.1, 0.15) is 25.3 Å². The normalized spacial score (nSPS) is 24.9. The largest absolute Gasteiger partial charge is 0.490 e. The monoisotopic (exact) mass is 325 g/mol. The van der Waals surface area contributed by atoms with Gasteiger partial charge in [0.25, 0.3) is 0 Å². The van der Waals surface area contributed by atoms with Gasteiger partial charge in [-0.25, -0.2) is 0 Å². The molecule has 2 atom stereocenters. The van der Waals surface area contributed by atoms with E-state index >= 15 is 0 Å². The minimum absolute atomic E-state index is 0.725. The maximum Gasteiger partial charge on any atom is 0.175 e. The SMILES string of the molecule is CC1CC1CNCc1cc(Br)c2c(c1)OCCCO2. The van der Waals surface area contributed by atoms with Crippen LogP contribution >= 0.6 is 15.9 Å². The van der Waals surface area contributed by atoms with Crippen LogP contribution in [0.2, 0.25) is 0 Å². The lowest BCUT2D eigenvalue weighted by molar-refractivity contribution is 0.296. The van der Waals surface area contributed by atoms with Crippen LogP contribution in [0.25, 0.3) is 0 Å². The lowest BCUT2D eigenvalue weighted by Gasteiger charge is -2.12. The number of benzene rings is 1. The van der Waals surface area contributed by atoms with Gasteiger partial charge in [0, 0.05) is 13.0 Å². The molecule has 0 radical (unpaired) electrons. The Morgan fingerprint density at radius 2 is 2.11 bits per heavy atom. The summed E-state index contributed by atoms with van der Waals surface area (Å²) in [4.78, 5) is 0. The van der Waals surface area contributed by atoms with E-state index in [0.717, 1.165) is 60.5 Å². The van der Waals surface area contributed by atoms with Gasteiger partial charge in [0.1, 0.15) is 0 Å². The molecule has 1 N–H and O–H groups in total. The summed E-state index contributed by atoms with van der Waals surface area (Å²) < 4.78 is 12.4. The highest BCUT2D eigenvalue weighted by molar-refractivity contribution is 9.10. The number of fused-ring (bicyclic) bond motifs is 1. The molecule has 0 bridgehead atoms. The van der Waals surface area contributed by atoms with E-state index in [2.05, 4.69) is 40.3 Å². The van der Waals surface area contributed by atoms with Crippen molar-refractivity contribution in [3.05, 3.63) is 22.2 Å². The van der Waals surface area contributed by atoms with Crippen molar-refractivity contribution < 1.29 is 9.47 Å². The summed E-state index contributed by atoms with van der Waals surface area (Å²) in [6, 6.07) is 4.21. The predicted molar refractivity (Wildman–Crippen MR) is 78.7 cm³/mol. The van der Waals surface area contributed by atoms with Gasteiger partial charge in [0.05, 0.1) is 17.7 Å². The van der Waals surface area contributed by atoms with Gasteiger partial charge in [-0.15, -0.1) is 0 Å². The zero-order valence-corrected chi connectivity index (χ0v) is 12.8. The van der Waals surface area contributed by atoms with Gasteiger partial charge in [0.2, 0.25) is 0 Å². The molecule has 1 aliphatic heterocycles. The molecule has 1 aromatic carbocycles.